The summed E-state index contributed by atoms with van der Waals surface area (Å²) in [6.45, 7) is 5.40. The summed E-state index contributed by atoms with van der Waals surface area (Å²) in [6.07, 6.45) is 2.11. The molecule has 0 aromatic carbocycles. The van der Waals surface area contributed by atoms with Gasteiger partial charge in [-0.2, -0.15) is 0 Å². The maximum Gasteiger partial charge on any atom is 0.237 e. The van der Waals surface area contributed by atoms with Crippen LogP contribution in [-0.4, -0.2) is 44.0 Å². The zero-order valence-corrected chi connectivity index (χ0v) is 11.5. The first kappa shape index (κ1) is 14.4. The van der Waals surface area contributed by atoms with Gasteiger partial charge in [0.05, 0.1) is 17.0 Å². The van der Waals surface area contributed by atoms with E-state index in [0.717, 1.165) is 12.8 Å². The van der Waals surface area contributed by atoms with Crippen LogP contribution in [0, 0.1) is 0 Å². The molecule has 1 unspecified atom stereocenters. The summed E-state index contributed by atoms with van der Waals surface area (Å²) in [4.78, 5) is 11.6. The Morgan fingerprint density at radius 1 is 1.29 bits per heavy atom. The van der Waals surface area contributed by atoms with E-state index in [1.807, 2.05) is 0 Å². The number of sulfone groups is 1. The van der Waals surface area contributed by atoms with E-state index < -0.39 is 9.84 Å². The van der Waals surface area contributed by atoms with Crippen molar-refractivity contribution in [2.75, 3.05) is 12.3 Å². The van der Waals surface area contributed by atoms with E-state index in [1.165, 1.54) is 0 Å². The molecule has 2 N–H and O–H groups in total. The maximum atomic E-state index is 11.6. The number of nitrogens with one attached hydrogen (secondary N) is 2. The highest BCUT2D eigenvalue weighted by molar-refractivity contribution is 7.92. The maximum absolute atomic E-state index is 11.6. The van der Waals surface area contributed by atoms with Crippen molar-refractivity contribution in [1.29, 1.82) is 0 Å². The molecule has 100 valence electrons. The second kappa shape index (κ2) is 5.82. The predicted octanol–water partition coefficient (Wildman–Crippen LogP) is 0.0663. The molecule has 17 heavy (non-hydrogen) atoms. The monoisotopic (exact) mass is 262 g/mol. The lowest BCUT2D eigenvalue weighted by molar-refractivity contribution is -0.122. The van der Waals surface area contributed by atoms with Crippen molar-refractivity contribution in [2.45, 2.75) is 50.9 Å². The van der Waals surface area contributed by atoms with Crippen LogP contribution in [0.3, 0.4) is 0 Å². The lowest BCUT2D eigenvalue weighted by Gasteiger charge is -2.14. The fourth-order valence-electron chi connectivity index (χ4n) is 1.30. The summed E-state index contributed by atoms with van der Waals surface area (Å²) in [5, 5.41) is 5.45. The number of amides is 1. The van der Waals surface area contributed by atoms with Crippen LogP contribution < -0.4 is 10.6 Å². The van der Waals surface area contributed by atoms with Crippen LogP contribution in [-0.2, 0) is 14.6 Å². The molecule has 1 fully saturated rings. The molecule has 0 radical (unpaired) electrons. The molecule has 1 atom stereocenters. The Morgan fingerprint density at radius 2 is 1.88 bits per heavy atom. The van der Waals surface area contributed by atoms with Crippen LogP contribution in [0.4, 0.5) is 0 Å². The highest BCUT2D eigenvalue weighted by Gasteiger charge is 2.25. The smallest absolute Gasteiger partial charge is 0.237 e. The average Bonchev–Trinajstić information content (AvgIpc) is 3.00. The van der Waals surface area contributed by atoms with E-state index in [2.05, 4.69) is 10.6 Å². The lowest BCUT2D eigenvalue weighted by Crippen LogP contribution is -2.44. The number of rotatable bonds is 7. The number of carbonyl (C=O) groups excluding carboxylic acids is 1. The van der Waals surface area contributed by atoms with Gasteiger partial charge in [-0.25, -0.2) is 8.42 Å². The third-order valence-electron chi connectivity index (χ3n) is 2.87. The average molecular weight is 262 g/mol. The van der Waals surface area contributed by atoms with Gasteiger partial charge in [0.2, 0.25) is 5.91 Å². The van der Waals surface area contributed by atoms with Crippen LogP contribution in [0.25, 0.3) is 0 Å². The minimum Gasteiger partial charge on any atom is -0.352 e. The summed E-state index contributed by atoms with van der Waals surface area (Å²) in [5.41, 5.74) is 0. The van der Waals surface area contributed by atoms with Gasteiger partial charge >= 0.3 is 0 Å². The SMILES string of the molecule is CC(NCCS(=O)(=O)C(C)C)C(=O)NC1CC1. The molecular formula is C11H22N2O3S. The molecule has 0 bridgehead atoms. The van der Waals surface area contributed by atoms with Crippen molar-refractivity contribution in [1.82, 2.24) is 10.6 Å². The van der Waals surface area contributed by atoms with E-state index >= 15 is 0 Å². The standard InChI is InChI=1S/C11H22N2O3S/c1-8(2)17(15,16)7-6-12-9(3)11(14)13-10-4-5-10/h8-10,12H,4-7H2,1-3H3,(H,13,14). The largest absolute Gasteiger partial charge is 0.352 e. The highest BCUT2D eigenvalue weighted by Crippen LogP contribution is 2.18. The quantitative estimate of drug-likeness (QED) is 0.680. The molecule has 1 aliphatic carbocycles. The summed E-state index contributed by atoms with van der Waals surface area (Å²) in [7, 11) is -3.02. The number of hydrogen-bond donors (Lipinski definition) is 2. The van der Waals surface area contributed by atoms with Gasteiger partial charge in [-0.05, 0) is 33.6 Å². The number of carbonyl (C=O) groups is 1. The van der Waals surface area contributed by atoms with E-state index in [4.69, 9.17) is 0 Å². The van der Waals surface area contributed by atoms with E-state index in [1.54, 1.807) is 20.8 Å². The van der Waals surface area contributed by atoms with Crippen LogP contribution in [0.5, 0.6) is 0 Å². The molecule has 0 spiro atoms. The van der Waals surface area contributed by atoms with E-state index in [-0.39, 0.29) is 23.0 Å². The van der Waals surface area contributed by atoms with Gasteiger partial charge in [0.25, 0.3) is 0 Å². The Balaban J connectivity index is 2.23. The molecule has 0 aromatic heterocycles. The topological polar surface area (TPSA) is 75.3 Å². The van der Waals surface area contributed by atoms with Crippen molar-refractivity contribution in [3.8, 4) is 0 Å². The molecule has 0 aromatic rings. The number of hydrogen-bond acceptors (Lipinski definition) is 4. The van der Waals surface area contributed by atoms with Crippen molar-refractivity contribution >= 4 is 15.7 Å². The van der Waals surface area contributed by atoms with Gasteiger partial charge in [-0.1, -0.05) is 0 Å². The molecule has 0 aliphatic heterocycles. The molecule has 5 nitrogen and oxygen atoms in total. The van der Waals surface area contributed by atoms with E-state index in [9.17, 15) is 13.2 Å². The second-order valence-corrected chi connectivity index (χ2v) is 7.55. The van der Waals surface area contributed by atoms with Gasteiger partial charge in [-0.3, -0.25) is 4.79 Å². The zero-order chi connectivity index (χ0) is 13.1. The fraction of sp³-hybridized carbons (Fsp3) is 0.909. The van der Waals surface area contributed by atoms with Crippen LogP contribution in [0.15, 0.2) is 0 Å². The van der Waals surface area contributed by atoms with Crippen molar-refractivity contribution in [3.63, 3.8) is 0 Å². The van der Waals surface area contributed by atoms with Gasteiger partial charge < -0.3 is 10.6 Å². The first-order chi connectivity index (χ1) is 7.83. The van der Waals surface area contributed by atoms with Crippen LogP contribution >= 0.6 is 0 Å². The second-order valence-electron chi connectivity index (χ2n) is 4.87. The Bertz CT molecular complexity index is 361. The normalized spacial score (nSPS) is 18.1. The summed E-state index contributed by atoms with van der Waals surface area (Å²) in [5.74, 6) is 0.0283. The van der Waals surface area contributed by atoms with Crippen molar-refractivity contribution in [3.05, 3.63) is 0 Å². The molecular weight excluding hydrogens is 240 g/mol. The van der Waals surface area contributed by atoms with Gasteiger partial charge in [0.1, 0.15) is 0 Å². The fourth-order valence-corrected chi connectivity index (χ4v) is 2.17. The van der Waals surface area contributed by atoms with Gasteiger partial charge in [-0.15, -0.1) is 0 Å². The van der Waals surface area contributed by atoms with Gasteiger partial charge in [0.15, 0.2) is 9.84 Å². The highest BCUT2D eigenvalue weighted by atomic mass is 32.2. The molecule has 1 rings (SSSR count). The first-order valence-electron chi connectivity index (χ1n) is 6.08. The Labute approximate surface area is 103 Å². The minimum atomic E-state index is -3.02. The van der Waals surface area contributed by atoms with E-state index in [0.29, 0.717) is 12.6 Å². The molecule has 1 saturated carbocycles. The molecule has 1 amide bonds. The minimum absolute atomic E-state index is 0.0468. The van der Waals surface area contributed by atoms with Crippen molar-refractivity contribution < 1.29 is 13.2 Å². The molecule has 6 heteroatoms. The molecule has 0 saturated heterocycles. The summed E-state index contributed by atoms with van der Waals surface area (Å²) in [6, 6.07) is 0.00380. The predicted molar refractivity (Wildman–Crippen MR) is 67.6 cm³/mol. The first-order valence-corrected chi connectivity index (χ1v) is 7.80. The molecule has 1 aliphatic rings. The zero-order valence-electron chi connectivity index (χ0n) is 10.7. The Hall–Kier alpha value is -0.620. The van der Waals surface area contributed by atoms with Gasteiger partial charge in [0, 0.05) is 12.6 Å². The van der Waals surface area contributed by atoms with Crippen LogP contribution in [0.1, 0.15) is 33.6 Å². The Morgan fingerprint density at radius 3 is 2.35 bits per heavy atom. The third-order valence-corrected chi connectivity index (χ3v) is 5.08. The summed E-state index contributed by atoms with van der Waals surface area (Å²) < 4.78 is 23.1. The van der Waals surface area contributed by atoms with Crippen molar-refractivity contribution in [2.24, 2.45) is 0 Å². The molecule has 0 heterocycles. The third kappa shape index (κ3) is 5.04. The van der Waals surface area contributed by atoms with Crippen LogP contribution in [0.2, 0.25) is 0 Å². The summed E-state index contributed by atoms with van der Waals surface area (Å²) >= 11 is 0. The lowest BCUT2D eigenvalue weighted by atomic mass is 10.3. The Kier molecular flexibility index (Phi) is 4.94.